The highest BCUT2D eigenvalue weighted by atomic mass is 32.2. The maximum atomic E-state index is 2.50. The Labute approximate surface area is 99.0 Å². The number of hydrogen-bond acceptors (Lipinski definition) is 2. The summed E-state index contributed by atoms with van der Waals surface area (Å²) in [6.45, 7) is 14.6. The number of thioether (sulfide) groups is 2. The first-order valence-corrected chi connectivity index (χ1v) is 11.1. The van der Waals surface area contributed by atoms with Gasteiger partial charge in [-0.1, -0.05) is 40.4 Å². The van der Waals surface area contributed by atoms with Crippen LogP contribution in [0.25, 0.3) is 0 Å². The fourth-order valence-electron chi connectivity index (χ4n) is 1.50. The Morgan fingerprint density at radius 3 is 1.71 bits per heavy atom. The minimum atomic E-state index is -0.919. The van der Waals surface area contributed by atoms with E-state index >= 15 is 0 Å². The molecule has 0 spiro atoms. The van der Waals surface area contributed by atoms with Crippen LogP contribution in [0.2, 0.25) is 19.6 Å². The van der Waals surface area contributed by atoms with Crippen molar-refractivity contribution in [3.63, 3.8) is 0 Å². The van der Waals surface area contributed by atoms with Crippen molar-refractivity contribution in [1.29, 1.82) is 0 Å². The molecule has 0 saturated carbocycles. The van der Waals surface area contributed by atoms with Crippen LogP contribution in [0.1, 0.15) is 20.8 Å². The van der Waals surface area contributed by atoms with E-state index in [1.54, 1.807) is 0 Å². The lowest BCUT2D eigenvalue weighted by molar-refractivity contribution is 0.293. The zero-order chi connectivity index (χ0) is 11.0. The molecule has 0 N–H and O–H groups in total. The molecule has 1 aliphatic rings. The molecule has 1 heterocycles. The summed E-state index contributed by atoms with van der Waals surface area (Å²) >= 11 is 4.46. The second kappa shape index (κ2) is 4.42. The molecule has 0 aromatic rings. The van der Waals surface area contributed by atoms with Gasteiger partial charge in [-0.3, -0.25) is 0 Å². The minimum Gasteiger partial charge on any atom is -0.151 e. The second-order valence-electron chi connectivity index (χ2n) is 6.43. The van der Waals surface area contributed by atoms with Gasteiger partial charge in [0, 0.05) is 4.21 Å². The van der Waals surface area contributed by atoms with E-state index in [1.165, 1.54) is 11.5 Å². The van der Waals surface area contributed by atoms with Crippen LogP contribution in [0.15, 0.2) is 0 Å². The largest absolute Gasteiger partial charge is 0.151 e. The quantitative estimate of drug-likeness (QED) is 0.634. The SMILES string of the molecule is CC(C)(C)C1CSC([Si](C)(C)C)SC1. The van der Waals surface area contributed by atoms with Gasteiger partial charge in [0.1, 0.15) is 0 Å². The van der Waals surface area contributed by atoms with Crippen molar-refractivity contribution in [1.82, 2.24) is 0 Å². The number of hydrogen-bond donors (Lipinski definition) is 0. The molecule has 0 bridgehead atoms. The van der Waals surface area contributed by atoms with Crippen molar-refractivity contribution in [2.24, 2.45) is 11.3 Å². The topological polar surface area (TPSA) is 0 Å². The van der Waals surface area contributed by atoms with Crippen LogP contribution >= 0.6 is 23.5 Å². The van der Waals surface area contributed by atoms with Gasteiger partial charge in [0.2, 0.25) is 0 Å². The van der Waals surface area contributed by atoms with Crippen molar-refractivity contribution >= 4 is 31.6 Å². The lowest BCUT2D eigenvalue weighted by atomic mass is 9.83. The molecule has 1 rings (SSSR count). The van der Waals surface area contributed by atoms with Crippen LogP contribution in [0.5, 0.6) is 0 Å². The van der Waals surface area contributed by atoms with Gasteiger partial charge >= 0.3 is 0 Å². The van der Waals surface area contributed by atoms with Crippen LogP contribution in [0, 0.1) is 11.3 Å². The van der Waals surface area contributed by atoms with Crippen LogP contribution in [0.3, 0.4) is 0 Å². The molecule has 0 aliphatic carbocycles. The van der Waals surface area contributed by atoms with Gasteiger partial charge in [0.25, 0.3) is 0 Å². The average Bonchev–Trinajstić information content (AvgIpc) is 2.01. The Morgan fingerprint density at radius 1 is 1.00 bits per heavy atom. The maximum Gasteiger partial charge on any atom is 0.0712 e. The smallest absolute Gasteiger partial charge is 0.0712 e. The third-order valence-electron chi connectivity index (χ3n) is 2.83. The average molecular weight is 249 g/mol. The third kappa shape index (κ3) is 3.49. The van der Waals surface area contributed by atoms with Crippen LogP contribution in [-0.2, 0) is 0 Å². The molecule has 14 heavy (non-hydrogen) atoms. The van der Waals surface area contributed by atoms with E-state index in [0.717, 1.165) is 10.1 Å². The third-order valence-corrected chi connectivity index (χ3v) is 12.1. The van der Waals surface area contributed by atoms with Crippen LogP contribution in [0.4, 0.5) is 0 Å². The molecule has 0 aromatic carbocycles. The normalized spacial score (nSPS) is 30.4. The van der Waals surface area contributed by atoms with E-state index in [4.69, 9.17) is 0 Å². The first kappa shape index (κ1) is 13.0. The fraction of sp³-hybridized carbons (Fsp3) is 1.00. The standard InChI is InChI=1S/C11H24S2Si/c1-11(2,3)9-7-12-10(13-8-9)14(4,5)6/h9-10H,7-8H2,1-6H3. The summed E-state index contributed by atoms with van der Waals surface area (Å²) in [7, 11) is -0.919. The summed E-state index contributed by atoms with van der Waals surface area (Å²) < 4.78 is 0.932. The first-order chi connectivity index (χ1) is 6.21. The molecular formula is C11H24S2Si. The van der Waals surface area contributed by atoms with Gasteiger partial charge in [0.05, 0.1) is 8.07 Å². The Balaban J connectivity index is 2.47. The molecule has 0 unspecified atom stereocenters. The van der Waals surface area contributed by atoms with Gasteiger partial charge < -0.3 is 0 Å². The van der Waals surface area contributed by atoms with Gasteiger partial charge in [-0.15, -0.1) is 0 Å². The van der Waals surface area contributed by atoms with E-state index in [1.807, 2.05) is 0 Å². The highest BCUT2D eigenvalue weighted by Gasteiger charge is 2.36. The Bertz CT molecular complexity index is 160. The van der Waals surface area contributed by atoms with Crippen LogP contribution in [-0.4, -0.2) is 23.8 Å². The summed E-state index contributed by atoms with van der Waals surface area (Å²) in [5.74, 6) is 3.67. The van der Waals surface area contributed by atoms with Crippen molar-refractivity contribution in [2.75, 3.05) is 11.5 Å². The summed E-state index contributed by atoms with van der Waals surface area (Å²) in [6.07, 6.45) is 0. The molecule has 0 nitrogen and oxygen atoms in total. The summed E-state index contributed by atoms with van der Waals surface area (Å²) in [5, 5.41) is 0. The molecule has 0 aromatic heterocycles. The number of rotatable bonds is 1. The molecule has 0 radical (unpaired) electrons. The summed E-state index contributed by atoms with van der Waals surface area (Å²) in [4.78, 5) is 0. The highest BCUT2D eigenvalue weighted by molar-refractivity contribution is 8.20. The lowest BCUT2D eigenvalue weighted by Crippen LogP contribution is -2.39. The summed E-state index contributed by atoms with van der Waals surface area (Å²) in [6, 6.07) is 0. The first-order valence-electron chi connectivity index (χ1n) is 5.44. The molecule has 0 atom stereocenters. The molecule has 84 valence electrons. The van der Waals surface area contributed by atoms with Crippen molar-refractivity contribution in [3.8, 4) is 0 Å². The zero-order valence-electron chi connectivity index (χ0n) is 10.4. The Hall–Kier alpha value is 0.917. The van der Waals surface area contributed by atoms with Crippen LogP contribution < -0.4 is 0 Å². The molecule has 1 saturated heterocycles. The fourth-order valence-corrected chi connectivity index (χ4v) is 9.14. The minimum absolute atomic E-state index is 0.504. The maximum absolute atomic E-state index is 2.50. The monoisotopic (exact) mass is 248 g/mol. The summed E-state index contributed by atoms with van der Waals surface area (Å²) in [5.41, 5.74) is 0.504. The zero-order valence-corrected chi connectivity index (χ0v) is 13.0. The van der Waals surface area contributed by atoms with E-state index in [2.05, 4.69) is 63.9 Å². The molecular weight excluding hydrogens is 224 g/mol. The van der Waals surface area contributed by atoms with Crippen molar-refractivity contribution in [2.45, 2.75) is 44.6 Å². The Morgan fingerprint density at radius 2 is 1.43 bits per heavy atom. The van der Waals surface area contributed by atoms with E-state index in [0.29, 0.717) is 5.41 Å². The molecule has 1 aliphatic heterocycles. The van der Waals surface area contributed by atoms with Gasteiger partial charge in [-0.05, 0) is 22.8 Å². The van der Waals surface area contributed by atoms with Gasteiger partial charge in [0.15, 0.2) is 0 Å². The van der Waals surface area contributed by atoms with Gasteiger partial charge in [-0.2, -0.15) is 23.5 Å². The molecule has 0 amide bonds. The highest BCUT2D eigenvalue weighted by Crippen LogP contribution is 2.44. The van der Waals surface area contributed by atoms with Crippen molar-refractivity contribution < 1.29 is 0 Å². The predicted octanol–water partition coefficient (Wildman–Crippen LogP) is 4.33. The Kier molecular flexibility index (Phi) is 4.10. The van der Waals surface area contributed by atoms with E-state index in [-0.39, 0.29) is 0 Å². The lowest BCUT2D eigenvalue weighted by Gasteiger charge is -2.39. The van der Waals surface area contributed by atoms with E-state index < -0.39 is 8.07 Å². The molecule has 3 heteroatoms. The predicted molar refractivity (Wildman–Crippen MR) is 75.0 cm³/mol. The van der Waals surface area contributed by atoms with Crippen molar-refractivity contribution in [3.05, 3.63) is 0 Å². The van der Waals surface area contributed by atoms with E-state index in [9.17, 15) is 0 Å². The van der Waals surface area contributed by atoms with Gasteiger partial charge in [-0.25, -0.2) is 0 Å². The molecule has 1 fully saturated rings. The second-order valence-corrected chi connectivity index (χ2v) is 15.1.